The summed E-state index contributed by atoms with van der Waals surface area (Å²) >= 11 is 5.98. The Morgan fingerprint density at radius 3 is 2.61 bits per heavy atom. The lowest BCUT2D eigenvalue weighted by molar-refractivity contribution is 0.381. The molecule has 0 fully saturated rings. The second kappa shape index (κ2) is 9.13. The number of fused-ring (bicyclic) bond motifs is 1. The van der Waals surface area contributed by atoms with Crippen LogP contribution in [0.25, 0.3) is 10.9 Å². The molecule has 3 rings (SSSR count). The minimum atomic E-state index is 0.198. The fourth-order valence-corrected chi connectivity index (χ4v) is 3.13. The first-order chi connectivity index (χ1) is 13.5. The van der Waals surface area contributed by atoms with Crippen molar-refractivity contribution in [2.45, 2.75) is 32.7 Å². The van der Waals surface area contributed by atoms with Crippen LogP contribution in [0.15, 0.2) is 42.5 Å². The van der Waals surface area contributed by atoms with E-state index in [9.17, 15) is 0 Å². The van der Waals surface area contributed by atoms with Crippen LogP contribution >= 0.6 is 11.6 Å². The Morgan fingerprint density at radius 2 is 1.93 bits per heavy atom. The molecule has 3 N–H and O–H groups in total. The van der Waals surface area contributed by atoms with Crippen molar-refractivity contribution in [2.24, 2.45) is 5.73 Å². The molecule has 6 heteroatoms. The summed E-state index contributed by atoms with van der Waals surface area (Å²) in [5.74, 6) is 1.96. The number of aromatic nitrogens is 1. The maximum Gasteiger partial charge on any atom is 0.178 e. The molecule has 148 valence electrons. The topological polar surface area (TPSA) is 69.4 Å². The molecule has 0 radical (unpaired) electrons. The first-order valence-electron chi connectivity index (χ1n) is 9.39. The van der Waals surface area contributed by atoms with Gasteiger partial charge in [-0.1, -0.05) is 11.6 Å². The lowest BCUT2D eigenvalue weighted by Crippen LogP contribution is -2.16. The van der Waals surface area contributed by atoms with Gasteiger partial charge in [-0.3, -0.25) is 4.98 Å². The molecule has 28 heavy (non-hydrogen) atoms. The molecule has 1 atom stereocenters. The fourth-order valence-electron chi connectivity index (χ4n) is 3.00. The van der Waals surface area contributed by atoms with Crippen LogP contribution in [0.3, 0.4) is 0 Å². The van der Waals surface area contributed by atoms with Gasteiger partial charge in [0.15, 0.2) is 11.5 Å². The number of hydrogen-bond acceptors (Lipinski definition) is 5. The van der Waals surface area contributed by atoms with Crippen LogP contribution in [-0.2, 0) is 0 Å². The number of nitrogens with zero attached hydrogens (tertiary/aromatic N) is 1. The van der Waals surface area contributed by atoms with Gasteiger partial charge >= 0.3 is 0 Å². The largest absolute Gasteiger partial charge is 0.493 e. The van der Waals surface area contributed by atoms with Crippen LogP contribution in [0.4, 0.5) is 5.69 Å². The number of nitrogens with one attached hydrogen (secondary N) is 1. The first kappa shape index (κ1) is 20.2. The Balaban J connectivity index is 1.99. The van der Waals surface area contributed by atoms with E-state index in [2.05, 4.69) is 5.32 Å². The number of aryl methyl sites for hydroxylation is 1. The zero-order valence-electron chi connectivity index (χ0n) is 16.5. The van der Waals surface area contributed by atoms with Gasteiger partial charge in [0, 0.05) is 34.8 Å². The number of pyridine rings is 1. The predicted molar refractivity (Wildman–Crippen MR) is 116 cm³/mol. The molecule has 1 heterocycles. The van der Waals surface area contributed by atoms with Crippen molar-refractivity contribution in [1.29, 1.82) is 0 Å². The van der Waals surface area contributed by atoms with Crippen LogP contribution in [0.2, 0.25) is 5.02 Å². The predicted octanol–water partition coefficient (Wildman–Crippen LogP) is 5.54. The Labute approximate surface area is 170 Å². The lowest BCUT2D eigenvalue weighted by Gasteiger charge is -2.17. The van der Waals surface area contributed by atoms with Gasteiger partial charge in [-0.25, -0.2) is 0 Å². The molecule has 0 aliphatic carbocycles. The van der Waals surface area contributed by atoms with E-state index in [4.69, 9.17) is 31.8 Å². The van der Waals surface area contributed by atoms with Crippen LogP contribution in [-0.4, -0.2) is 24.7 Å². The summed E-state index contributed by atoms with van der Waals surface area (Å²) in [6.07, 6.45) is 1.95. The van der Waals surface area contributed by atoms with E-state index in [0.29, 0.717) is 22.3 Å². The van der Waals surface area contributed by atoms with Crippen molar-refractivity contribution in [3.05, 3.63) is 53.2 Å². The third kappa shape index (κ3) is 4.86. The molecule has 5 nitrogen and oxygen atoms in total. The SMILES string of the molecule is COc1cc(NCCCC(C)N)c2nc(C)ccc2c1Oc1ccc(Cl)cc1. The zero-order chi connectivity index (χ0) is 20.1. The summed E-state index contributed by atoms with van der Waals surface area (Å²) in [4.78, 5) is 4.74. The summed E-state index contributed by atoms with van der Waals surface area (Å²) in [7, 11) is 1.64. The smallest absolute Gasteiger partial charge is 0.178 e. The number of ether oxygens (including phenoxy) is 2. The molecule has 0 bridgehead atoms. The van der Waals surface area contributed by atoms with Crippen molar-refractivity contribution < 1.29 is 9.47 Å². The van der Waals surface area contributed by atoms with E-state index >= 15 is 0 Å². The van der Waals surface area contributed by atoms with Crippen LogP contribution in [0.1, 0.15) is 25.5 Å². The van der Waals surface area contributed by atoms with Gasteiger partial charge in [0.1, 0.15) is 5.75 Å². The number of halogens is 1. The lowest BCUT2D eigenvalue weighted by atomic mass is 10.1. The highest BCUT2D eigenvalue weighted by molar-refractivity contribution is 6.30. The molecule has 0 saturated carbocycles. The maximum absolute atomic E-state index is 6.15. The van der Waals surface area contributed by atoms with Crippen LogP contribution < -0.4 is 20.5 Å². The molecular formula is C22H26ClN3O2. The van der Waals surface area contributed by atoms with Gasteiger partial charge in [0.05, 0.1) is 18.3 Å². The molecule has 2 aromatic carbocycles. The Kier molecular flexibility index (Phi) is 6.60. The van der Waals surface area contributed by atoms with Crippen molar-refractivity contribution in [3.63, 3.8) is 0 Å². The van der Waals surface area contributed by atoms with Crippen LogP contribution in [0, 0.1) is 6.92 Å². The van der Waals surface area contributed by atoms with E-state index in [-0.39, 0.29) is 6.04 Å². The monoisotopic (exact) mass is 399 g/mol. The van der Waals surface area contributed by atoms with Gasteiger partial charge in [-0.05, 0) is 63.1 Å². The highest BCUT2D eigenvalue weighted by Gasteiger charge is 2.16. The molecule has 1 unspecified atom stereocenters. The minimum Gasteiger partial charge on any atom is -0.493 e. The van der Waals surface area contributed by atoms with Gasteiger partial charge in [-0.15, -0.1) is 0 Å². The van der Waals surface area contributed by atoms with Gasteiger partial charge in [0.2, 0.25) is 0 Å². The summed E-state index contributed by atoms with van der Waals surface area (Å²) in [6, 6.07) is 13.4. The number of anilines is 1. The van der Waals surface area contributed by atoms with E-state index in [1.807, 2.05) is 44.2 Å². The second-order valence-corrected chi connectivity index (χ2v) is 7.34. The summed E-state index contributed by atoms with van der Waals surface area (Å²) in [5, 5.41) is 5.02. The molecule has 0 aliphatic heterocycles. The normalized spacial score (nSPS) is 12.0. The number of hydrogen-bond donors (Lipinski definition) is 2. The average molecular weight is 400 g/mol. The van der Waals surface area contributed by atoms with Gasteiger partial charge in [0.25, 0.3) is 0 Å². The third-order valence-electron chi connectivity index (χ3n) is 4.44. The van der Waals surface area contributed by atoms with E-state index < -0.39 is 0 Å². The van der Waals surface area contributed by atoms with E-state index in [0.717, 1.165) is 41.7 Å². The van der Waals surface area contributed by atoms with Crippen molar-refractivity contribution in [3.8, 4) is 17.2 Å². The molecule has 3 aromatic rings. The molecule has 1 aromatic heterocycles. The Morgan fingerprint density at radius 1 is 1.18 bits per heavy atom. The summed E-state index contributed by atoms with van der Waals surface area (Å²) in [6.45, 7) is 4.81. The van der Waals surface area contributed by atoms with Crippen molar-refractivity contribution >= 4 is 28.2 Å². The average Bonchev–Trinajstić information content (AvgIpc) is 2.67. The van der Waals surface area contributed by atoms with Crippen LogP contribution in [0.5, 0.6) is 17.2 Å². The summed E-state index contributed by atoms with van der Waals surface area (Å²) in [5.41, 5.74) is 8.56. The minimum absolute atomic E-state index is 0.198. The Bertz CT molecular complexity index is 943. The first-order valence-corrected chi connectivity index (χ1v) is 9.77. The number of rotatable bonds is 8. The molecule has 0 amide bonds. The molecule has 0 spiro atoms. The van der Waals surface area contributed by atoms with Gasteiger partial charge in [-0.2, -0.15) is 0 Å². The Hall–Kier alpha value is -2.50. The van der Waals surface area contributed by atoms with Crippen molar-refractivity contribution in [1.82, 2.24) is 4.98 Å². The molecule has 0 saturated heterocycles. The van der Waals surface area contributed by atoms with E-state index in [1.165, 1.54) is 0 Å². The van der Waals surface area contributed by atoms with E-state index in [1.54, 1.807) is 19.2 Å². The second-order valence-electron chi connectivity index (χ2n) is 6.91. The zero-order valence-corrected chi connectivity index (χ0v) is 17.2. The number of benzene rings is 2. The molecular weight excluding hydrogens is 374 g/mol. The fraction of sp³-hybridized carbons (Fsp3) is 0.318. The van der Waals surface area contributed by atoms with Crippen molar-refractivity contribution in [2.75, 3.05) is 19.0 Å². The third-order valence-corrected chi connectivity index (χ3v) is 4.69. The quantitative estimate of drug-likeness (QED) is 0.487. The highest BCUT2D eigenvalue weighted by atomic mass is 35.5. The standard InChI is InChI=1S/C22H26ClN3O2/c1-14(24)5-4-12-25-19-13-20(27-3)22(18-11-6-15(2)26-21(18)19)28-17-9-7-16(23)8-10-17/h6-11,13-14,25H,4-5,12,24H2,1-3H3. The summed E-state index contributed by atoms with van der Waals surface area (Å²) < 4.78 is 11.8. The highest BCUT2D eigenvalue weighted by Crippen LogP contribution is 2.42. The van der Waals surface area contributed by atoms with Gasteiger partial charge < -0.3 is 20.5 Å². The number of nitrogens with two attached hydrogens (primary N) is 1. The maximum atomic E-state index is 6.15. The number of methoxy groups -OCH3 is 1. The molecule has 0 aliphatic rings.